The van der Waals surface area contributed by atoms with Gasteiger partial charge in [0.2, 0.25) is 0 Å². The van der Waals surface area contributed by atoms with E-state index in [4.69, 9.17) is 17.1 Å². The molecule has 1 N–H and O–H groups in total. The number of hydrogen-bond donors (Lipinski definition) is 1. The highest BCUT2D eigenvalue weighted by Crippen LogP contribution is 2.24. The lowest BCUT2D eigenvalue weighted by atomic mass is 10.0. The van der Waals surface area contributed by atoms with Gasteiger partial charge in [-0.25, -0.2) is 0 Å². The molecule has 0 saturated heterocycles. The molecule has 0 spiro atoms. The van der Waals surface area contributed by atoms with Crippen molar-refractivity contribution in [1.29, 1.82) is 0 Å². The summed E-state index contributed by atoms with van der Waals surface area (Å²) in [5.41, 5.74) is 8.12. The Morgan fingerprint density at radius 3 is 3.09 bits per heavy atom. The second-order valence-electron chi connectivity index (χ2n) is 2.38. The maximum atomic E-state index is 9.28. The maximum Gasteiger partial charge on any atom is 0.0988 e. The normalized spacial score (nSPS) is 30.5. The molecule has 0 aliphatic heterocycles. The molecule has 0 aromatic carbocycles. The molecule has 1 aliphatic rings. The monoisotopic (exact) mass is 173 g/mol. The van der Waals surface area contributed by atoms with Crippen molar-refractivity contribution in [1.82, 2.24) is 0 Å². The first-order chi connectivity index (χ1) is 5.25. The largest absolute Gasteiger partial charge is 0.392 e. The Kier molecular flexibility index (Phi) is 2.76. The Hall–Kier alpha value is -0.700. The summed E-state index contributed by atoms with van der Waals surface area (Å²) < 4.78 is 0. The SMILES string of the molecule is [N-]=[N+]=N[C@H]1C(Cl)=CCC[C@H]1O. The zero-order valence-electron chi connectivity index (χ0n) is 5.81. The van der Waals surface area contributed by atoms with Gasteiger partial charge in [0.15, 0.2) is 0 Å². The van der Waals surface area contributed by atoms with Crippen LogP contribution in [0, 0.1) is 0 Å². The van der Waals surface area contributed by atoms with Crippen LogP contribution in [-0.4, -0.2) is 17.3 Å². The van der Waals surface area contributed by atoms with E-state index in [-0.39, 0.29) is 0 Å². The van der Waals surface area contributed by atoms with Gasteiger partial charge in [0.25, 0.3) is 0 Å². The van der Waals surface area contributed by atoms with E-state index in [2.05, 4.69) is 10.0 Å². The van der Waals surface area contributed by atoms with Gasteiger partial charge in [-0.3, -0.25) is 0 Å². The molecule has 4 nitrogen and oxygen atoms in total. The Morgan fingerprint density at radius 1 is 1.82 bits per heavy atom. The number of aliphatic hydroxyl groups excluding tert-OH is 1. The predicted octanol–water partition coefficient (Wildman–Crippen LogP) is 1.94. The van der Waals surface area contributed by atoms with E-state index in [0.29, 0.717) is 11.5 Å². The van der Waals surface area contributed by atoms with Gasteiger partial charge in [0.1, 0.15) is 0 Å². The first-order valence-corrected chi connectivity index (χ1v) is 3.71. The van der Waals surface area contributed by atoms with Gasteiger partial charge in [0.05, 0.1) is 12.1 Å². The van der Waals surface area contributed by atoms with Crippen molar-refractivity contribution in [3.05, 3.63) is 21.6 Å². The molecule has 0 heterocycles. The minimum absolute atomic E-state index is 0.446. The number of azide groups is 1. The van der Waals surface area contributed by atoms with E-state index in [1.54, 1.807) is 6.08 Å². The zero-order valence-corrected chi connectivity index (χ0v) is 6.57. The lowest BCUT2D eigenvalue weighted by Gasteiger charge is -2.21. The number of nitrogens with zero attached hydrogens (tertiary/aromatic N) is 3. The number of rotatable bonds is 1. The van der Waals surface area contributed by atoms with Crippen LogP contribution in [0.25, 0.3) is 10.4 Å². The van der Waals surface area contributed by atoms with Gasteiger partial charge in [-0.15, -0.1) is 0 Å². The summed E-state index contributed by atoms with van der Waals surface area (Å²) in [6.07, 6.45) is 2.51. The highest BCUT2D eigenvalue weighted by Gasteiger charge is 2.23. The summed E-state index contributed by atoms with van der Waals surface area (Å²) in [4.78, 5) is 2.60. The number of halogens is 1. The lowest BCUT2D eigenvalue weighted by Crippen LogP contribution is -2.26. The van der Waals surface area contributed by atoms with Gasteiger partial charge < -0.3 is 5.11 Å². The predicted molar refractivity (Wildman–Crippen MR) is 42.1 cm³/mol. The summed E-state index contributed by atoms with van der Waals surface area (Å²) in [5.74, 6) is 0. The first-order valence-electron chi connectivity index (χ1n) is 3.33. The molecule has 5 heteroatoms. The van der Waals surface area contributed by atoms with Gasteiger partial charge in [-0.05, 0) is 18.4 Å². The number of aliphatic hydroxyl groups is 1. The summed E-state index contributed by atoms with van der Waals surface area (Å²) in [5, 5.41) is 13.1. The van der Waals surface area contributed by atoms with Crippen molar-refractivity contribution in [3.63, 3.8) is 0 Å². The van der Waals surface area contributed by atoms with Crippen molar-refractivity contribution in [3.8, 4) is 0 Å². The summed E-state index contributed by atoms with van der Waals surface area (Å²) >= 11 is 5.69. The van der Waals surface area contributed by atoms with E-state index in [1.165, 1.54) is 0 Å². The third kappa shape index (κ3) is 1.87. The molecule has 0 fully saturated rings. The zero-order chi connectivity index (χ0) is 8.27. The van der Waals surface area contributed by atoms with Crippen LogP contribution in [0.2, 0.25) is 0 Å². The standard InChI is InChI=1S/C6H8ClN3O/c7-4-2-1-3-5(11)6(4)9-10-8/h2,5-6,11H,1,3H2/t5-,6+/m1/s1. The van der Waals surface area contributed by atoms with E-state index >= 15 is 0 Å². The Morgan fingerprint density at radius 2 is 2.55 bits per heavy atom. The van der Waals surface area contributed by atoms with Crippen LogP contribution < -0.4 is 0 Å². The third-order valence-electron chi connectivity index (χ3n) is 1.62. The molecule has 0 saturated carbocycles. The van der Waals surface area contributed by atoms with Crippen LogP contribution in [0.5, 0.6) is 0 Å². The second kappa shape index (κ2) is 3.62. The smallest absolute Gasteiger partial charge is 0.0988 e. The molecule has 60 valence electrons. The van der Waals surface area contributed by atoms with Crippen LogP contribution in [0.3, 0.4) is 0 Å². The van der Waals surface area contributed by atoms with Crippen molar-refractivity contribution in [2.24, 2.45) is 5.11 Å². The highest BCUT2D eigenvalue weighted by atomic mass is 35.5. The lowest BCUT2D eigenvalue weighted by molar-refractivity contribution is 0.145. The molecule has 0 aromatic rings. The van der Waals surface area contributed by atoms with Gasteiger partial charge in [-0.2, -0.15) is 0 Å². The first kappa shape index (κ1) is 8.40. The maximum absolute atomic E-state index is 9.28. The highest BCUT2D eigenvalue weighted by molar-refractivity contribution is 6.30. The minimum Gasteiger partial charge on any atom is -0.392 e. The molecule has 2 atom stereocenters. The summed E-state index contributed by atoms with van der Waals surface area (Å²) in [6.45, 7) is 0. The van der Waals surface area contributed by atoms with Crippen LogP contribution in [0.1, 0.15) is 12.8 Å². The van der Waals surface area contributed by atoms with Crippen LogP contribution in [-0.2, 0) is 0 Å². The van der Waals surface area contributed by atoms with E-state index in [9.17, 15) is 5.11 Å². The Labute approximate surface area is 69.1 Å². The fourth-order valence-corrected chi connectivity index (χ4v) is 1.34. The number of allylic oxidation sites excluding steroid dienone is 1. The van der Waals surface area contributed by atoms with Crippen molar-refractivity contribution in [2.45, 2.75) is 25.0 Å². The number of hydrogen-bond acceptors (Lipinski definition) is 2. The second-order valence-corrected chi connectivity index (χ2v) is 2.82. The van der Waals surface area contributed by atoms with Gasteiger partial charge >= 0.3 is 0 Å². The van der Waals surface area contributed by atoms with Crippen molar-refractivity contribution in [2.75, 3.05) is 0 Å². The molecule has 0 bridgehead atoms. The van der Waals surface area contributed by atoms with E-state index in [0.717, 1.165) is 6.42 Å². The van der Waals surface area contributed by atoms with Crippen molar-refractivity contribution >= 4 is 11.6 Å². The fourth-order valence-electron chi connectivity index (χ4n) is 1.04. The molecule has 0 amide bonds. The minimum atomic E-state index is -0.622. The van der Waals surface area contributed by atoms with E-state index < -0.39 is 12.1 Å². The van der Waals surface area contributed by atoms with Gasteiger partial charge in [-0.1, -0.05) is 22.8 Å². The molecule has 1 rings (SSSR count). The molecular formula is C6H8ClN3O. The third-order valence-corrected chi connectivity index (χ3v) is 2.00. The fraction of sp³-hybridized carbons (Fsp3) is 0.667. The van der Waals surface area contributed by atoms with Crippen LogP contribution in [0.4, 0.5) is 0 Å². The average molecular weight is 174 g/mol. The Balaban J connectivity index is 2.79. The molecular weight excluding hydrogens is 166 g/mol. The topological polar surface area (TPSA) is 69.0 Å². The molecule has 1 aliphatic carbocycles. The Bertz CT molecular complexity index is 222. The molecule has 0 radical (unpaired) electrons. The van der Waals surface area contributed by atoms with Crippen molar-refractivity contribution < 1.29 is 5.11 Å². The molecule has 0 aromatic heterocycles. The van der Waals surface area contributed by atoms with Crippen LogP contribution >= 0.6 is 11.6 Å². The summed E-state index contributed by atoms with van der Waals surface area (Å²) in [7, 11) is 0. The quantitative estimate of drug-likeness (QED) is 0.368. The van der Waals surface area contributed by atoms with E-state index in [1.807, 2.05) is 0 Å². The molecule has 0 unspecified atom stereocenters. The van der Waals surface area contributed by atoms with Crippen LogP contribution in [0.15, 0.2) is 16.2 Å². The molecule has 11 heavy (non-hydrogen) atoms. The van der Waals surface area contributed by atoms with Gasteiger partial charge in [0, 0.05) is 9.94 Å². The average Bonchev–Trinajstić information content (AvgIpc) is 1.97. The summed E-state index contributed by atoms with van der Waals surface area (Å²) in [6, 6.07) is -0.574.